The fraction of sp³-hybridized carbons (Fsp3) is 0.562. The van der Waals surface area contributed by atoms with E-state index in [1.165, 1.54) is 4.90 Å². The number of hydrogen-bond donors (Lipinski definition) is 2. The van der Waals surface area contributed by atoms with Gasteiger partial charge in [0.1, 0.15) is 24.9 Å². The number of fused-ring (bicyclic) bond motifs is 1. The molecule has 120 valence electrons. The van der Waals surface area contributed by atoms with Gasteiger partial charge < -0.3 is 19.7 Å². The topological polar surface area (TPSA) is 79.2 Å². The van der Waals surface area contributed by atoms with E-state index in [4.69, 9.17) is 9.47 Å². The maximum Gasteiger partial charge on any atom is 0.410 e. The number of ether oxygens (including phenoxy) is 2. The Morgan fingerprint density at radius 1 is 1.27 bits per heavy atom. The number of carbonyl (C=O) groups excluding carboxylic acids is 1. The second-order valence-corrected chi connectivity index (χ2v) is 5.77. The first-order chi connectivity index (χ1) is 10.6. The standard InChI is InChI=1S/C16H21NO5/c1-2-11-13(18)14(19)15(12-9-22-16(20)17(11)12)21-8-10-6-4-3-5-7-10/h3-7,11-15,18-19H,2,8-9H2,1H3/t11-,12-,13-,14+,15+/m1/s1. The van der Waals surface area contributed by atoms with Crippen LogP contribution in [0.3, 0.4) is 0 Å². The monoisotopic (exact) mass is 307 g/mol. The van der Waals surface area contributed by atoms with Crippen molar-refractivity contribution in [3.63, 3.8) is 0 Å². The quantitative estimate of drug-likeness (QED) is 0.864. The molecule has 0 radical (unpaired) electrons. The molecule has 2 fully saturated rings. The molecule has 2 N–H and O–H groups in total. The summed E-state index contributed by atoms with van der Waals surface area (Å²) in [4.78, 5) is 13.4. The molecule has 1 amide bonds. The molecule has 0 aromatic heterocycles. The van der Waals surface area contributed by atoms with E-state index in [0.29, 0.717) is 13.0 Å². The van der Waals surface area contributed by atoms with Gasteiger partial charge in [0, 0.05) is 0 Å². The van der Waals surface area contributed by atoms with E-state index in [1.54, 1.807) is 0 Å². The minimum Gasteiger partial charge on any atom is -0.447 e. The van der Waals surface area contributed by atoms with Gasteiger partial charge >= 0.3 is 6.09 Å². The van der Waals surface area contributed by atoms with Crippen LogP contribution in [0.1, 0.15) is 18.9 Å². The molecular formula is C16H21NO5. The van der Waals surface area contributed by atoms with E-state index in [1.807, 2.05) is 37.3 Å². The Morgan fingerprint density at radius 2 is 2.00 bits per heavy atom. The van der Waals surface area contributed by atoms with E-state index in [2.05, 4.69) is 0 Å². The van der Waals surface area contributed by atoms with Crippen LogP contribution in [0.4, 0.5) is 4.79 Å². The molecule has 3 rings (SSSR count). The maximum atomic E-state index is 11.9. The predicted octanol–water partition coefficient (Wildman–Crippen LogP) is 0.907. The number of piperidine rings is 1. The largest absolute Gasteiger partial charge is 0.447 e. The van der Waals surface area contributed by atoms with Crippen molar-refractivity contribution in [3.8, 4) is 0 Å². The molecule has 1 aromatic rings. The van der Waals surface area contributed by atoms with Crippen molar-refractivity contribution in [2.45, 2.75) is 50.3 Å². The molecule has 2 saturated heterocycles. The Labute approximate surface area is 129 Å². The number of amides is 1. The number of aliphatic hydroxyl groups is 2. The van der Waals surface area contributed by atoms with Crippen molar-refractivity contribution in [3.05, 3.63) is 35.9 Å². The van der Waals surface area contributed by atoms with Gasteiger partial charge in [-0.2, -0.15) is 0 Å². The molecule has 2 aliphatic rings. The zero-order valence-corrected chi connectivity index (χ0v) is 12.5. The lowest BCUT2D eigenvalue weighted by molar-refractivity contribution is -0.167. The summed E-state index contributed by atoms with van der Waals surface area (Å²) in [7, 11) is 0. The number of rotatable bonds is 4. The van der Waals surface area contributed by atoms with Crippen LogP contribution in [0.15, 0.2) is 30.3 Å². The van der Waals surface area contributed by atoms with Gasteiger partial charge in [0.15, 0.2) is 0 Å². The number of cyclic esters (lactones) is 1. The van der Waals surface area contributed by atoms with Crippen LogP contribution in [0, 0.1) is 0 Å². The van der Waals surface area contributed by atoms with Crippen molar-refractivity contribution in [2.24, 2.45) is 0 Å². The van der Waals surface area contributed by atoms with Crippen LogP contribution in [0.5, 0.6) is 0 Å². The molecule has 0 bridgehead atoms. The highest BCUT2D eigenvalue weighted by Gasteiger charge is 2.53. The summed E-state index contributed by atoms with van der Waals surface area (Å²) < 4.78 is 10.9. The Kier molecular flexibility index (Phi) is 4.33. The van der Waals surface area contributed by atoms with Gasteiger partial charge in [0.2, 0.25) is 0 Å². The molecule has 0 aliphatic carbocycles. The van der Waals surface area contributed by atoms with Gasteiger partial charge in [-0.15, -0.1) is 0 Å². The third-order valence-electron chi connectivity index (χ3n) is 4.47. The average molecular weight is 307 g/mol. The summed E-state index contributed by atoms with van der Waals surface area (Å²) in [6.45, 7) is 2.36. The Bertz CT molecular complexity index is 523. The van der Waals surface area contributed by atoms with Crippen LogP contribution >= 0.6 is 0 Å². The van der Waals surface area contributed by atoms with Gasteiger partial charge in [0.25, 0.3) is 0 Å². The minimum absolute atomic E-state index is 0.179. The van der Waals surface area contributed by atoms with Crippen molar-refractivity contribution >= 4 is 6.09 Å². The number of hydrogen-bond acceptors (Lipinski definition) is 5. The highest BCUT2D eigenvalue weighted by Crippen LogP contribution is 2.33. The number of nitrogens with zero attached hydrogens (tertiary/aromatic N) is 1. The third-order valence-corrected chi connectivity index (χ3v) is 4.47. The summed E-state index contributed by atoms with van der Waals surface area (Å²) >= 11 is 0. The van der Waals surface area contributed by atoms with Crippen molar-refractivity contribution in [1.29, 1.82) is 0 Å². The average Bonchev–Trinajstić information content (AvgIpc) is 2.91. The second kappa shape index (κ2) is 6.24. The van der Waals surface area contributed by atoms with Gasteiger partial charge in [-0.1, -0.05) is 37.3 Å². The van der Waals surface area contributed by atoms with E-state index in [9.17, 15) is 15.0 Å². The summed E-state index contributed by atoms with van der Waals surface area (Å²) in [5, 5.41) is 20.7. The van der Waals surface area contributed by atoms with Crippen LogP contribution in [-0.2, 0) is 16.1 Å². The maximum absolute atomic E-state index is 11.9. The van der Waals surface area contributed by atoms with Gasteiger partial charge in [-0.05, 0) is 12.0 Å². The number of carbonyl (C=O) groups is 1. The lowest BCUT2D eigenvalue weighted by Crippen LogP contribution is -2.65. The van der Waals surface area contributed by atoms with Crippen LogP contribution < -0.4 is 0 Å². The van der Waals surface area contributed by atoms with Crippen molar-refractivity contribution in [1.82, 2.24) is 4.90 Å². The first-order valence-electron chi connectivity index (χ1n) is 7.60. The molecule has 6 heteroatoms. The van der Waals surface area contributed by atoms with Crippen LogP contribution in [-0.4, -0.2) is 58.2 Å². The zero-order valence-electron chi connectivity index (χ0n) is 12.5. The highest BCUT2D eigenvalue weighted by atomic mass is 16.6. The van der Waals surface area contributed by atoms with E-state index >= 15 is 0 Å². The lowest BCUT2D eigenvalue weighted by Gasteiger charge is -2.45. The van der Waals surface area contributed by atoms with E-state index in [-0.39, 0.29) is 12.6 Å². The smallest absolute Gasteiger partial charge is 0.410 e. The van der Waals surface area contributed by atoms with E-state index < -0.39 is 30.4 Å². The fourth-order valence-corrected chi connectivity index (χ4v) is 3.31. The van der Waals surface area contributed by atoms with Gasteiger partial charge in [-0.25, -0.2) is 4.79 Å². The summed E-state index contributed by atoms with van der Waals surface area (Å²) in [5.74, 6) is 0. The first-order valence-corrected chi connectivity index (χ1v) is 7.60. The molecule has 6 nitrogen and oxygen atoms in total. The number of benzene rings is 1. The molecular weight excluding hydrogens is 286 g/mol. The summed E-state index contributed by atoms with van der Waals surface area (Å²) in [5.41, 5.74) is 0.971. The van der Waals surface area contributed by atoms with Gasteiger partial charge in [-0.3, -0.25) is 4.90 Å². The minimum atomic E-state index is -1.04. The molecule has 5 atom stereocenters. The number of aliphatic hydroxyl groups excluding tert-OH is 2. The zero-order chi connectivity index (χ0) is 15.7. The predicted molar refractivity (Wildman–Crippen MR) is 78.1 cm³/mol. The summed E-state index contributed by atoms with van der Waals surface area (Å²) in [6.07, 6.45) is -2.63. The molecule has 2 heterocycles. The Morgan fingerprint density at radius 3 is 2.68 bits per heavy atom. The second-order valence-electron chi connectivity index (χ2n) is 5.77. The van der Waals surface area contributed by atoms with Crippen LogP contribution in [0.2, 0.25) is 0 Å². The SMILES string of the molecule is CC[C@@H]1[C@@H](O)[C@H](O)[C@@H](OCc2ccccc2)[C@H]2COC(=O)N12. The lowest BCUT2D eigenvalue weighted by atomic mass is 9.87. The van der Waals surface area contributed by atoms with Crippen LogP contribution in [0.25, 0.3) is 0 Å². The Hall–Kier alpha value is -1.63. The molecule has 22 heavy (non-hydrogen) atoms. The molecule has 0 spiro atoms. The normalized spacial score (nSPS) is 34.4. The molecule has 1 aromatic carbocycles. The molecule has 0 unspecified atom stereocenters. The Balaban J connectivity index is 1.76. The van der Waals surface area contributed by atoms with Crippen molar-refractivity contribution in [2.75, 3.05) is 6.61 Å². The summed E-state index contributed by atoms with van der Waals surface area (Å²) in [6, 6.07) is 8.79. The van der Waals surface area contributed by atoms with Gasteiger partial charge in [0.05, 0.1) is 18.7 Å². The molecule has 0 saturated carbocycles. The third kappa shape index (κ3) is 2.58. The highest BCUT2D eigenvalue weighted by molar-refractivity contribution is 5.71. The fourth-order valence-electron chi connectivity index (χ4n) is 3.31. The van der Waals surface area contributed by atoms with Crippen molar-refractivity contribution < 1.29 is 24.5 Å². The van der Waals surface area contributed by atoms with E-state index in [0.717, 1.165) is 5.56 Å². The first kappa shape index (κ1) is 15.3. The molecule has 2 aliphatic heterocycles.